The van der Waals surface area contributed by atoms with Crippen LogP contribution in [0.3, 0.4) is 0 Å². The van der Waals surface area contributed by atoms with Crippen LogP contribution in [-0.2, 0) is 4.79 Å². The smallest absolute Gasteiger partial charge is 0.239 e. The van der Waals surface area contributed by atoms with Crippen molar-refractivity contribution >= 4 is 5.91 Å². The van der Waals surface area contributed by atoms with Gasteiger partial charge in [0.15, 0.2) is 0 Å². The number of carbonyl (C=O) groups is 1. The molecule has 3 nitrogen and oxygen atoms in total. The Morgan fingerprint density at radius 3 is 2.54 bits per heavy atom. The van der Waals surface area contributed by atoms with E-state index in [1.54, 1.807) is 0 Å². The maximum atomic E-state index is 11.8. The summed E-state index contributed by atoms with van der Waals surface area (Å²) in [6.45, 7) is 7.23. The summed E-state index contributed by atoms with van der Waals surface area (Å²) < 4.78 is 0. The van der Waals surface area contributed by atoms with Gasteiger partial charge >= 0.3 is 0 Å². The van der Waals surface area contributed by atoms with Crippen molar-refractivity contribution in [3.05, 3.63) is 0 Å². The van der Waals surface area contributed by atoms with E-state index < -0.39 is 0 Å². The van der Waals surface area contributed by atoms with Crippen LogP contribution in [0.4, 0.5) is 0 Å². The summed E-state index contributed by atoms with van der Waals surface area (Å²) in [4.78, 5) is 13.6. The molecule has 0 aromatic carbocycles. The molecule has 1 fully saturated rings. The van der Waals surface area contributed by atoms with Gasteiger partial charge in [-0.25, -0.2) is 0 Å². The normalized spacial score (nSPS) is 28.1. The number of carbonyl (C=O) groups excluding carboxylic acids is 1. The molecule has 3 heteroatoms. The number of nitrogens with zero attached hydrogens (tertiary/aromatic N) is 1. The van der Waals surface area contributed by atoms with Gasteiger partial charge in [-0.15, -0.1) is 0 Å². The Morgan fingerprint density at radius 2 is 2.15 bits per heavy atom. The molecule has 1 aliphatic rings. The maximum absolute atomic E-state index is 11.8. The van der Waals surface area contributed by atoms with E-state index in [2.05, 4.69) is 12.2 Å². The van der Waals surface area contributed by atoms with Gasteiger partial charge in [0.05, 0.1) is 6.04 Å². The van der Waals surface area contributed by atoms with Gasteiger partial charge in [0, 0.05) is 13.1 Å². The lowest BCUT2D eigenvalue weighted by Gasteiger charge is -2.24. The van der Waals surface area contributed by atoms with Crippen molar-refractivity contribution in [1.82, 2.24) is 10.2 Å². The number of hydrogen-bond donors (Lipinski definition) is 1. The zero-order valence-corrected chi connectivity index (χ0v) is 9.00. The van der Waals surface area contributed by atoms with Crippen LogP contribution in [0.2, 0.25) is 0 Å². The maximum Gasteiger partial charge on any atom is 0.239 e. The van der Waals surface area contributed by atoms with Crippen molar-refractivity contribution in [2.75, 3.05) is 13.6 Å². The predicted octanol–water partition coefficient (Wildman–Crippen LogP) is 0.851. The second kappa shape index (κ2) is 4.09. The lowest BCUT2D eigenvalue weighted by Crippen LogP contribution is -2.44. The molecular formula is C10H20N2O. The molecule has 1 unspecified atom stereocenters. The lowest BCUT2D eigenvalue weighted by atomic mass is 10.1. The fraction of sp³-hybridized carbons (Fsp3) is 0.900. The summed E-state index contributed by atoms with van der Waals surface area (Å²) >= 11 is 0. The Labute approximate surface area is 80.5 Å². The SMILES string of the molecule is CC(C)N(C)C(=O)C1C[C@H](C)CN1. The van der Waals surface area contributed by atoms with Crippen molar-refractivity contribution in [3.63, 3.8) is 0 Å². The molecule has 13 heavy (non-hydrogen) atoms. The first-order valence-electron chi connectivity index (χ1n) is 5.02. The molecule has 0 saturated carbocycles. The van der Waals surface area contributed by atoms with Crippen LogP contribution in [0, 0.1) is 5.92 Å². The first-order valence-corrected chi connectivity index (χ1v) is 5.02. The zero-order valence-electron chi connectivity index (χ0n) is 9.00. The number of nitrogens with one attached hydrogen (secondary N) is 1. The van der Waals surface area contributed by atoms with Gasteiger partial charge in [-0.1, -0.05) is 6.92 Å². The van der Waals surface area contributed by atoms with Gasteiger partial charge in [0.2, 0.25) is 5.91 Å². The van der Waals surface area contributed by atoms with E-state index in [1.165, 1.54) is 0 Å². The molecule has 1 heterocycles. The first-order chi connectivity index (χ1) is 6.02. The monoisotopic (exact) mass is 184 g/mol. The summed E-state index contributed by atoms with van der Waals surface area (Å²) in [7, 11) is 1.87. The predicted molar refractivity (Wildman–Crippen MR) is 53.5 cm³/mol. The summed E-state index contributed by atoms with van der Waals surface area (Å²) in [6.07, 6.45) is 0.982. The minimum Gasteiger partial charge on any atom is -0.342 e. The molecule has 0 spiro atoms. The van der Waals surface area contributed by atoms with Gasteiger partial charge in [-0.2, -0.15) is 0 Å². The summed E-state index contributed by atoms with van der Waals surface area (Å²) in [5, 5.41) is 3.25. The molecule has 0 aliphatic carbocycles. The average molecular weight is 184 g/mol. The quantitative estimate of drug-likeness (QED) is 0.690. The van der Waals surface area contributed by atoms with Crippen LogP contribution in [0.1, 0.15) is 27.2 Å². The van der Waals surface area contributed by atoms with Gasteiger partial charge in [-0.3, -0.25) is 4.79 Å². The number of hydrogen-bond acceptors (Lipinski definition) is 2. The van der Waals surface area contributed by atoms with Gasteiger partial charge in [0.1, 0.15) is 0 Å². The fourth-order valence-corrected chi connectivity index (χ4v) is 1.60. The minimum atomic E-state index is 0.0578. The van der Waals surface area contributed by atoms with Crippen molar-refractivity contribution < 1.29 is 4.79 Å². The van der Waals surface area contributed by atoms with Crippen LogP contribution in [0.25, 0.3) is 0 Å². The third kappa shape index (κ3) is 2.44. The number of rotatable bonds is 2. The Morgan fingerprint density at radius 1 is 1.54 bits per heavy atom. The lowest BCUT2D eigenvalue weighted by molar-refractivity contribution is -0.133. The van der Waals surface area contributed by atoms with Gasteiger partial charge < -0.3 is 10.2 Å². The summed E-state index contributed by atoms with van der Waals surface area (Å²) in [5.41, 5.74) is 0. The van der Waals surface area contributed by atoms with Crippen molar-refractivity contribution in [2.45, 2.75) is 39.3 Å². The second-order valence-electron chi connectivity index (χ2n) is 4.34. The molecule has 2 atom stereocenters. The van der Waals surface area contributed by atoms with E-state index >= 15 is 0 Å². The summed E-state index contributed by atoms with van der Waals surface area (Å²) in [5.74, 6) is 0.869. The fourth-order valence-electron chi connectivity index (χ4n) is 1.60. The van der Waals surface area contributed by atoms with E-state index in [-0.39, 0.29) is 11.9 Å². The molecule has 76 valence electrons. The van der Waals surface area contributed by atoms with Crippen molar-refractivity contribution in [2.24, 2.45) is 5.92 Å². The van der Waals surface area contributed by atoms with Crippen LogP contribution in [-0.4, -0.2) is 36.5 Å². The van der Waals surface area contributed by atoms with Crippen molar-refractivity contribution in [3.8, 4) is 0 Å². The highest BCUT2D eigenvalue weighted by Crippen LogP contribution is 2.15. The zero-order chi connectivity index (χ0) is 10.0. The molecule has 1 saturated heterocycles. The van der Waals surface area contributed by atoms with Gasteiger partial charge in [0.25, 0.3) is 0 Å². The van der Waals surface area contributed by atoms with Crippen LogP contribution in [0.5, 0.6) is 0 Å². The molecule has 1 rings (SSSR count). The highest BCUT2D eigenvalue weighted by molar-refractivity contribution is 5.82. The number of amides is 1. The van der Waals surface area contributed by atoms with Crippen LogP contribution in [0.15, 0.2) is 0 Å². The van der Waals surface area contributed by atoms with Crippen LogP contribution < -0.4 is 5.32 Å². The third-order valence-corrected chi connectivity index (χ3v) is 2.77. The topological polar surface area (TPSA) is 32.3 Å². The molecule has 1 amide bonds. The third-order valence-electron chi connectivity index (χ3n) is 2.77. The van der Waals surface area contributed by atoms with E-state index in [9.17, 15) is 4.79 Å². The van der Waals surface area contributed by atoms with Crippen molar-refractivity contribution in [1.29, 1.82) is 0 Å². The van der Waals surface area contributed by atoms with Crippen LogP contribution >= 0.6 is 0 Å². The average Bonchev–Trinajstić information content (AvgIpc) is 2.49. The Balaban J connectivity index is 2.48. The highest BCUT2D eigenvalue weighted by Gasteiger charge is 2.29. The molecule has 0 aromatic rings. The van der Waals surface area contributed by atoms with Gasteiger partial charge in [-0.05, 0) is 32.7 Å². The van der Waals surface area contributed by atoms with E-state index in [0.717, 1.165) is 13.0 Å². The molecular weight excluding hydrogens is 164 g/mol. The first kappa shape index (κ1) is 10.5. The minimum absolute atomic E-state index is 0.0578. The second-order valence-corrected chi connectivity index (χ2v) is 4.34. The molecule has 1 N–H and O–H groups in total. The molecule has 0 aromatic heterocycles. The Bertz CT molecular complexity index is 191. The molecule has 0 radical (unpaired) electrons. The Hall–Kier alpha value is -0.570. The van der Waals surface area contributed by atoms with E-state index in [1.807, 2.05) is 25.8 Å². The highest BCUT2D eigenvalue weighted by atomic mass is 16.2. The van der Waals surface area contributed by atoms with E-state index in [0.29, 0.717) is 12.0 Å². The Kier molecular flexibility index (Phi) is 3.31. The van der Waals surface area contributed by atoms with E-state index in [4.69, 9.17) is 0 Å². The summed E-state index contributed by atoms with van der Waals surface area (Å²) in [6, 6.07) is 0.354. The number of likely N-dealkylation sites (N-methyl/N-ethyl adjacent to an activating group) is 1. The largest absolute Gasteiger partial charge is 0.342 e. The molecule has 0 bridgehead atoms. The molecule has 1 aliphatic heterocycles. The standard InChI is InChI=1S/C10H20N2O/c1-7(2)12(4)10(13)9-5-8(3)6-11-9/h7-9,11H,5-6H2,1-4H3/t8-,9?/m0/s1.